The molecule has 1 saturated heterocycles. The average Bonchev–Trinajstić information content (AvgIpc) is 2.30. The van der Waals surface area contributed by atoms with Gasteiger partial charge in [-0.15, -0.1) is 0 Å². The number of benzene rings is 1. The van der Waals surface area contributed by atoms with Gasteiger partial charge in [-0.25, -0.2) is 0 Å². The van der Waals surface area contributed by atoms with Gasteiger partial charge in [0.2, 0.25) is 5.24 Å². The Bertz CT molecular complexity index is 383. The van der Waals surface area contributed by atoms with E-state index < -0.39 is 0 Å². The van der Waals surface area contributed by atoms with Crippen molar-refractivity contribution >= 4 is 22.5 Å². The van der Waals surface area contributed by atoms with Gasteiger partial charge in [0.05, 0.1) is 6.54 Å². The van der Waals surface area contributed by atoms with E-state index in [1.54, 1.807) is 0 Å². The maximum Gasteiger partial charge on any atom is 0.235 e. The molecule has 0 atom stereocenters. The third-order valence-corrected chi connectivity index (χ3v) is 3.24. The summed E-state index contributed by atoms with van der Waals surface area (Å²) in [6.45, 7) is 6.15. The van der Waals surface area contributed by atoms with E-state index in [9.17, 15) is 4.79 Å². The van der Waals surface area contributed by atoms with E-state index in [1.807, 2.05) is 0 Å². The van der Waals surface area contributed by atoms with Gasteiger partial charge in [-0.05, 0) is 30.7 Å². The number of carbonyl (C=O) groups excluding carboxylic acids is 1. The summed E-state index contributed by atoms with van der Waals surface area (Å²) in [5, 5.41) is -0.270. The van der Waals surface area contributed by atoms with Crippen molar-refractivity contribution in [2.24, 2.45) is 0 Å². The van der Waals surface area contributed by atoms with Crippen LogP contribution in [0.2, 0.25) is 0 Å². The Morgan fingerprint density at radius 3 is 2.29 bits per heavy atom. The maximum absolute atomic E-state index is 10.8. The van der Waals surface area contributed by atoms with Gasteiger partial charge >= 0.3 is 0 Å². The summed E-state index contributed by atoms with van der Waals surface area (Å²) in [5.41, 5.74) is 2.53. The maximum atomic E-state index is 10.8. The van der Waals surface area contributed by atoms with Crippen LogP contribution in [0.4, 0.5) is 5.69 Å². The first-order valence-corrected chi connectivity index (χ1v) is 6.25. The summed E-state index contributed by atoms with van der Waals surface area (Å²) in [4.78, 5) is 15.3. The Morgan fingerprint density at radius 2 is 1.76 bits per heavy atom. The van der Waals surface area contributed by atoms with Gasteiger partial charge in [0.15, 0.2) is 0 Å². The van der Waals surface area contributed by atoms with E-state index in [1.165, 1.54) is 11.3 Å². The Hall–Kier alpha value is -1.06. The van der Waals surface area contributed by atoms with Gasteiger partial charge < -0.3 is 4.90 Å². The predicted molar refractivity (Wildman–Crippen MR) is 70.7 cm³/mol. The second-order valence-corrected chi connectivity index (χ2v) is 4.88. The zero-order valence-electron chi connectivity index (χ0n) is 10.0. The second-order valence-electron chi connectivity index (χ2n) is 4.45. The minimum Gasteiger partial charge on any atom is -0.369 e. The molecule has 0 N–H and O–H groups in total. The van der Waals surface area contributed by atoms with Crippen LogP contribution in [0, 0.1) is 6.92 Å². The minimum absolute atomic E-state index is 0.270. The first-order valence-electron chi connectivity index (χ1n) is 5.87. The monoisotopic (exact) mass is 252 g/mol. The van der Waals surface area contributed by atoms with Crippen LogP contribution in [-0.4, -0.2) is 42.9 Å². The molecule has 0 bridgehead atoms. The molecule has 1 aliphatic rings. The molecule has 0 unspecified atom stereocenters. The van der Waals surface area contributed by atoms with Gasteiger partial charge in [0, 0.05) is 31.9 Å². The number of anilines is 1. The minimum atomic E-state index is -0.270. The summed E-state index contributed by atoms with van der Waals surface area (Å²) >= 11 is 5.39. The van der Waals surface area contributed by atoms with Crippen LogP contribution in [0.1, 0.15) is 5.56 Å². The molecule has 0 saturated carbocycles. The molecule has 1 fully saturated rings. The highest BCUT2D eigenvalue weighted by Crippen LogP contribution is 2.16. The predicted octanol–water partition coefficient (Wildman–Crippen LogP) is 1.88. The average molecular weight is 253 g/mol. The van der Waals surface area contributed by atoms with E-state index in [0.717, 1.165) is 26.2 Å². The summed E-state index contributed by atoms with van der Waals surface area (Å²) in [6, 6.07) is 8.56. The quantitative estimate of drug-likeness (QED) is 0.768. The highest BCUT2D eigenvalue weighted by atomic mass is 35.5. The Morgan fingerprint density at radius 1 is 1.18 bits per heavy atom. The summed E-state index contributed by atoms with van der Waals surface area (Å²) in [7, 11) is 0. The zero-order chi connectivity index (χ0) is 12.3. The Balaban J connectivity index is 1.90. The molecule has 1 aromatic rings. The molecule has 3 nitrogen and oxygen atoms in total. The summed E-state index contributed by atoms with van der Waals surface area (Å²) in [5.74, 6) is 0. The lowest BCUT2D eigenvalue weighted by Gasteiger charge is -2.35. The van der Waals surface area contributed by atoms with Crippen LogP contribution in [0.25, 0.3) is 0 Å². The lowest BCUT2D eigenvalue weighted by molar-refractivity contribution is -0.112. The fourth-order valence-electron chi connectivity index (χ4n) is 2.10. The number of rotatable bonds is 3. The number of halogens is 1. The highest BCUT2D eigenvalue weighted by Gasteiger charge is 2.18. The van der Waals surface area contributed by atoms with Crippen LogP contribution in [-0.2, 0) is 4.79 Å². The molecule has 0 amide bonds. The van der Waals surface area contributed by atoms with Crippen molar-refractivity contribution in [2.75, 3.05) is 37.6 Å². The Kier molecular flexibility index (Phi) is 4.02. The van der Waals surface area contributed by atoms with E-state index in [0.29, 0.717) is 6.54 Å². The van der Waals surface area contributed by atoms with Crippen LogP contribution >= 0.6 is 11.6 Å². The highest BCUT2D eigenvalue weighted by molar-refractivity contribution is 6.64. The SMILES string of the molecule is Cc1ccc(N2CCN(CC(=O)Cl)CC2)cc1. The third kappa shape index (κ3) is 3.45. The van der Waals surface area contributed by atoms with Gasteiger partial charge in [-0.2, -0.15) is 0 Å². The van der Waals surface area contributed by atoms with Gasteiger partial charge in [0.25, 0.3) is 0 Å². The molecule has 0 aromatic heterocycles. The number of carbonyl (C=O) groups is 1. The Labute approximate surface area is 107 Å². The molecule has 4 heteroatoms. The molecular weight excluding hydrogens is 236 g/mol. The molecule has 0 aliphatic carbocycles. The molecule has 0 spiro atoms. The van der Waals surface area contributed by atoms with Crippen molar-refractivity contribution < 1.29 is 4.79 Å². The van der Waals surface area contributed by atoms with Crippen molar-refractivity contribution in [1.29, 1.82) is 0 Å². The van der Waals surface area contributed by atoms with Crippen molar-refractivity contribution in [3.05, 3.63) is 29.8 Å². The number of aryl methyl sites for hydroxylation is 1. The van der Waals surface area contributed by atoms with Crippen LogP contribution in [0.3, 0.4) is 0 Å². The smallest absolute Gasteiger partial charge is 0.235 e. The fourth-order valence-corrected chi connectivity index (χ4v) is 2.26. The first kappa shape index (κ1) is 12.4. The summed E-state index contributed by atoms with van der Waals surface area (Å²) < 4.78 is 0. The molecular formula is C13H17ClN2O. The van der Waals surface area contributed by atoms with Crippen LogP contribution in [0.15, 0.2) is 24.3 Å². The van der Waals surface area contributed by atoms with Crippen molar-refractivity contribution in [2.45, 2.75) is 6.92 Å². The number of piperazine rings is 1. The van der Waals surface area contributed by atoms with E-state index in [2.05, 4.69) is 41.0 Å². The largest absolute Gasteiger partial charge is 0.369 e. The zero-order valence-corrected chi connectivity index (χ0v) is 10.8. The molecule has 0 radical (unpaired) electrons. The van der Waals surface area contributed by atoms with E-state index >= 15 is 0 Å². The van der Waals surface area contributed by atoms with Gasteiger partial charge in [0.1, 0.15) is 0 Å². The normalized spacial score (nSPS) is 17.2. The molecule has 1 aromatic carbocycles. The second kappa shape index (κ2) is 5.52. The van der Waals surface area contributed by atoms with Gasteiger partial charge in [-0.1, -0.05) is 17.7 Å². The van der Waals surface area contributed by atoms with Crippen LogP contribution in [0.5, 0.6) is 0 Å². The number of hydrogen-bond acceptors (Lipinski definition) is 3. The van der Waals surface area contributed by atoms with E-state index in [-0.39, 0.29) is 5.24 Å². The summed E-state index contributed by atoms with van der Waals surface area (Å²) in [6.07, 6.45) is 0. The molecule has 2 rings (SSSR count). The fraction of sp³-hybridized carbons (Fsp3) is 0.462. The molecule has 1 heterocycles. The van der Waals surface area contributed by atoms with Crippen molar-refractivity contribution in [3.63, 3.8) is 0 Å². The molecule has 1 aliphatic heterocycles. The topological polar surface area (TPSA) is 23.6 Å². The first-order chi connectivity index (χ1) is 8.15. The number of nitrogens with zero attached hydrogens (tertiary/aromatic N) is 2. The van der Waals surface area contributed by atoms with Gasteiger partial charge in [-0.3, -0.25) is 9.69 Å². The molecule has 92 valence electrons. The van der Waals surface area contributed by atoms with E-state index in [4.69, 9.17) is 11.6 Å². The third-order valence-electron chi connectivity index (χ3n) is 3.12. The van der Waals surface area contributed by atoms with Crippen molar-refractivity contribution in [1.82, 2.24) is 4.90 Å². The standard InChI is InChI=1S/C13H17ClN2O/c1-11-2-4-12(5-3-11)16-8-6-15(7-9-16)10-13(14)17/h2-5H,6-10H2,1H3. The lowest BCUT2D eigenvalue weighted by atomic mass is 10.2. The molecule has 17 heavy (non-hydrogen) atoms. The van der Waals surface area contributed by atoms with Crippen molar-refractivity contribution in [3.8, 4) is 0 Å². The number of hydrogen-bond donors (Lipinski definition) is 0. The van der Waals surface area contributed by atoms with Crippen LogP contribution < -0.4 is 4.90 Å². The lowest BCUT2D eigenvalue weighted by Crippen LogP contribution is -2.47.